The number of piperidine rings is 1. The molecule has 2 rings (SSSR count). The van der Waals surface area contributed by atoms with E-state index in [2.05, 4.69) is 11.8 Å². The Bertz CT molecular complexity index is 535. The van der Waals surface area contributed by atoms with Crippen LogP contribution in [0.3, 0.4) is 0 Å². The van der Waals surface area contributed by atoms with Crippen LogP contribution in [-0.2, 0) is 4.74 Å². The van der Waals surface area contributed by atoms with E-state index in [-0.39, 0.29) is 17.4 Å². The minimum absolute atomic E-state index is 0.0250. The number of carbonyl (C=O) groups excluding carboxylic acids is 1. The predicted octanol–water partition coefficient (Wildman–Crippen LogP) is 4.07. The maximum Gasteiger partial charge on any atom is 0.181 e. The predicted molar refractivity (Wildman–Crippen MR) is 86.5 cm³/mol. The van der Waals surface area contributed by atoms with Crippen LogP contribution in [0.15, 0.2) is 18.2 Å². The van der Waals surface area contributed by atoms with Crippen LogP contribution in [0.25, 0.3) is 0 Å². The Morgan fingerprint density at radius 1 is 1.43 bits per heavy atom. The molecule has 0 radical (unpaired) electrons. The van der Waals surface area contributed by atoms with E-state index in [0.29, 0.717) is 15.6 Å². The molecule has 0 saturated carbocycles. The Kier molecular flexibility index (Phi) is 5.31. The summed E-state index contributed by atoms with van der Waals surface area (Å²) in [5.41, 5.74) is 0.342. The summed E-state index contributed by atoms with van der Waals surface area (Å²) in [6.45, 7) is 5.67. The molecule has 116 valence electrons. The lowest BCUT2D eigenvalue weighted by Crippen LogP contribution is -2.52. The summed E-state index contributed by atoms with van der Waals surface area (Å²) in [6.07, 6.45) is 2.04. The van der Waals surface area contributed by atoms with Crippen molar-refractivity contribution in [3.63, 3.8) is 0 Å². The normalized spacial score (nSPS) is 24.8. The van der Waals surface area contributed by atoms with E-state index in [4.69, 9.17) is 27.9 Å². The van der Waals surface area contributed by atoms with Gasteiger partial charge in [-0.1, -0.05) is 23.2 Å². The molecular weight excluding hydrogens is 309 g/mol. The molecule has 2 atom stereocenters. The number of nitrogens with zero attached hydrogens (tertiary/aromatic N) is 1. The van der Waals surface area contributed by atoms with Crippen LogP contribution < -0.4 is 0 Å². The average molecular weight is 330 g/mol. The molecule has 0 amide bonds. The lowest BCUT2D eigenvalue weighted by molar-refractivity contribution is -0.0563. The van der Waals surface area contributed by atoms with Gasteiger partial charge in [-0.25, -0.2) is 0 Å². The maximum atomic E-state index is 12.7. The van der Waals surface area contributed by atoms with E-state index in [0.717, 1.165) is 25.9 Å². The second-order valence-corrected chi connectivity index (χ2v) is 6.74. The molecule has 0 aliphatic carbocycles. The molecule has 0 spiro atoms. The summed E-state index contributed by atoms with van der Waals surface area (Å²) >= 11 is 12.0. The number of Topliss-reactive ketones (excluding diaryl/α,β-unsaturated/α-hetero) is 1. The zero-order valence-corrected chi connectivity index (χ0v) is 14.2. The van der Waals surface area contributed by atoms with E-state index >= 15 is 0 Å². The summed E-state index contributed by atoms with van der Waals surface area (Å²) in [7, 11) is 1.73. The molecular formula is C16H21Cl2NO2. The minimum Gasteiger partial charge on any atom is -0.377 e. The van der Waals surface area contributed by atoms with Gasteiger partial charge >= 0.3 is 0 Å². The number of rotatable bonds is 4. The molecule has 21 heavy (non-hydrogen) atoms. The van der Waals surface area contributed by atoms with Crippen LogP contribution in [0.4, 0.5) is 0 Å². The molecule has 1 aromatic rings. The number of ketones is 1. The SMILES string of the molecule is COC1(C)CCCN(C(C)C(=O)c2ccc(Cl)cc2Cl)C1. The Labute approximate surface area is 136 Å². The fraction of sp³-hybridized carbons (Fsp3) is 0.562. The average Bonchev–Trinajstić information content (AvgIpc) is 2.46. The summed E-state index contributed by atoms with van der Waals surface area (Å²) < 4.78 is 5.59. The summed E-state index contributed by atoms with van der Waals surface area (Å²) in [5.74, 6) is 0.0250. The highest BCUT2D eigenvalue weighted by Crippen LogP contribution is 2.28. The Morgan fingerprint density at radius 3 is 2.76 bits per heavy atom. The maximum absolute atomic E-state index is 12.7. The van der Waals surface area contributed by atoms with Crippen LogP contribution in [0.2, 0.25) is 10.0 Å². The molecule has 0 bridgehead atoms. The molecule has 1 heterocycles. The monoisotopic (exact) mass is 329 g/mol. The van der Waals surface area contributed by atoms with Crippen LogP contribution in [-0.4, -0.2) is 42.5 Å². The van der Waals surface area contributed by atoms with Gasteiger partial charge in [0.1, 0.15) is 0 Å². The van der Waals surface area contributed by atoms with Gasteiger partial charge in [-0.15, -0.1) is 0 Å². The highest BCUT2D eigenvalue weighted by molar-refractivity contribution is 6.37. The first-order valence-corrected chi connectivity index (χ1v) is 7.90. The van der Waals surface area contributed by atoms with Crippen LogP contribution in [0.1, 0.15) is 37.0 Å². The standard InChI is InChI=1S/C16H21Cl2NO2/c1-11(19-8-4-7-16(2,10-19)21-3)15(20)13-6-5-12(17)9-14(13)18/h5-6,9,11H,4,7-8,10H2,1-3H3. The Morgan fingerprint density at radius 2 is 2.14 bits per heavy atom. The lowest BCUT2D eigenvalue weighted by atomic mass is 9.92. The zero-order chi connectivity index (χ0) is 15.6. The number of likely N-dealkylation sites (tertiary alicyclic amines) is 1. The largest absolute Gasteiger partial charge is 0.377 e. The molecule has 5 heteroatoms. The second-order valence-electron chi connectivity index (χ2n) is 5.89. The van der Waals surface area contributed by atoms with Crippen molar-refractivity contribution in [1.82, 2.24) is 4.90 Å². The van der Waals surface area contributed by atoms with Gasteiger partial charge in [-0.2, -0.15) is 0 Å². The van der Waals surface area contributed by atoms with Gasteiger partial charge in [0.2, 0.25) is 0 Å². The molecule has 1 saturated heterocycles. The molecule has 1 aromatic carbocycles. The van der Waals surface area contributed by atoms with Crippen molar-refractivity contribution in [1.29, 1.82) is 0 Å². The zero-order valence-electron chi connectivity index (χ0n) is 12.7. The molecule has 2 unspecified atom stereocenters. The third-order valence-corrected chi connectivity index (χ3v) is 4.85. The lowest BCUT2D eigenvalue weighted by Gasteiger charge is -2.41. The van der Waals surface area contributed by atoms with Crippen LogP contribution >= 0.6 is 23.2 Å². The van der Waals surface area contributed by atoms with Crippen molar-refractivity contribution in [2.45, 2.75) is 38.3 Å². The van der Waals surface area contributed by atoms with E-state index < -0.39 is 0 Å². The smallest absolute Gasteiger partial charge is 0.181 e. The summed E-state index contributed by atoms with van der Waals surface area (Å²) in [6, 6.07) is 4.78. The first-order chi connectivity index (χ1) is 9.86. The fourth-order valence-corrected chi connectivity index (χ4v) is 3.32. The molecule has 1 aliphatic heterocycles. The number of carbonyl (C=O) groups is 1. The summed E-state index contributed by atoms with van der Waals surface area (Å²) in [4.78, 5) is 14.8. The van der Waals surface area contributed by atoms with E-state index in [9.17, 15) is 4.79 Å². The topological polar surface area (TPSA) is 29.5 Å². The number of methoxy groups -OCH3 is 1. The Hall–Kier alpha value is -0.610. The summed E-state index contributed by atoms with van der Waals surface area (Å²) in [5, 5.41) is 0.944. The minimum atomic E-state index is -0.224. The van der Waals surface area contributed by atoms with E-state index in [1.807, 2.05) is 6.92 Å². The molecule has 3 nitrogen and oxygen atoms in total. The van der Waals surface area contributed by atoms with Crippen molar-refractivity contribution in [3.05, 3.63) is 33.8 Å². The highest BCUT2D eigenvalue weighted by Gasteiger charge is 2.35. The van der Waals surface area contributed by atoms with Gasteiger partial charge in [0.25, 0.3) is 0 Å². The molecule has 1 fully saturated rings. The number of hydrogen-bond acceptors (Lipinski definition) is 3. The van der Waals surface area contributed by atoms with Gasteiger partial charge < -0.3 is 4.74 Å². The first kappa shape index (κ1) is 16.8. The number of ether oxygens (including phenoxy) is 1. The third-order valence-electron chi connectivity index (χ3n) is 4.31. The van der Waals surface area contributed by atoms with Crippen LogP contribution in [0.5, 0.6) is 0 Å². The number of halogens is 2. The third kappa shape index (κ3) is 3.78. The quantitative estimate of drug-likeness (QED) is 0.780. The van der Waals surface area contributed by atoms with Gasteiger partial charge in [0.05, 0.1) is 16.7 Å². The fourth-order valence-electron chi connectivity index (χ4n) is 2.82. The molecule has 1 aliphatic rings. The van der Waals surface area contributed by atoms with Crippen molar-refractivity contribution in [2.75, 3.05) is 20.2 Å². The highest BCUT2D eigenvalue weighted by atomic mass is 35.5. The first-order valence-electron chi connectivity index (χ1n) is 7.15. The van der Waals surface area contributed by atoms with Gasteiger partial charge in [-0.05, 0) is 51.4 Å². The molecule has 0 N–H and O–H groups in total. The van der Waals surface area contributed by atoms with Gasteiger partial charge in [0.15, 0.2) is 5.78 Å². The van der Waals surface area contributed by atoms with E-state index in [1.165, 1.54) is 0 Å². The van der Waals surface area contributed by atoms with Gasteiger partial charge in [-0.3, -0.25) is 9.69 Å². The van der Waals surface area contributed by atoms with Crippen LogP contribution in [0, 0.1) is 0 Å². The van der Waals surface area contributed by atoms with Crippen molar-refractivity contribution in [2.24, 2.45) is 0 Å². The second kappa shape index (κ2) is 6.66. The number of benzene rings is 1. The van der Waals surface area contributed by atoms with Crippen molar-refractivity contribution in [3.8, 4) is 0 Å². The van der Waals surface area contributed by atoms with Gasteiger partial charge in [0, 0.05) is 24.2 Å². The molecule has 0 aromatic heterocycles. The number of hydrogen-bond donors (Lipinski definition) is 0. The Balaban J connectivity index is 2.15. The van der Waals surface area contributed by atoms with E-state index in [1.54, 1.807) is 25.3 Å². The van der Waals surface area contributed by atoms with Crippen molar-refractivity contribution < 1.29 is 9.53 Å². The van der Waals surface area contributed by atoms with Crippen molar-refractivity contribution >= 4 is 29.0 Å².